The first-order chi connectivity index (χ1) is 14.0. The summed E-state index contributed by atoms with van der Waals surface area (Å²) in [5.74, 6) is -2.41. The van der Waals surface area contributed by atoms with Crippen LogP contribution in [0.15, 0.2) is 41.3 Å². The predicted molar refractivity (Wildman–Crippen MR) is 109 cm³/mol. The molecule has 0 fully saturated rings. The zero-order valence-corrected chi connectivity index (χ0v) is 17.9. The molecule has 11 heteroatoms. The monoisotopic (exact) mass is 458 g/mol. The number of anilines is 1. The molecular weight excluding hydrogens is 439 g/mol. The van der Waals surface area contributed by atoms with E-state index in [1.165, 1.54) is 31.4 Å². The van der Waals surface area contributed by atoms with Crippen molar-refractivity contribution in [1.29, 1.82) is 0 Å². The van der Waals surface area contributed by atoms with Gasteiger partial charge in [0, 0.05) is 11.1 Å². The molecule has 2 aromatic rings. The van der Waals surface area contributed by atoms with Crippen molar-refractivity contribution in [3.05, 3.63) is 52.8 Å². The quantitative estimate of drug-likeness (QED) is 0.588. The average Bonchev–Trinajstić information content (AvgIpc) is 2.67. The molecule has 1 amide bonds. The third-order valence-corrected chi connectivity index (χ3v) is 5.53. The topological polar surface area (TPSA) is 111 Å². The van der Waals surface area contributed by atoms with Crippen LogP contribution < -0.4 is 14.8 Å². The van der Waals surface area contributed by atoms with E-state index in [9.17, 15) is 22.4 Å². The van der Waals surface area contributed by atoms with Crippen molar-refractivity contribution in [2.75, 3.05) is 19.0 Å². The van der Waals surface area contributed by atoms with Gasteiger partial charge in [-0.05, 0) is 50.2 Å². The van der Waals surface area contributed by atoms with E-state index in [1.54, 1.807) is 13.8 Å². The third-order valence-electron chi connectivity index (χ3n) is 3.62. The molecule has 2 aromatic carbocycles. The Labute approximate surface area is 178 Å². The minimum absolute atomic E-state index is 0.0360. The van der Waals surface area contributed by atoms with E-state index >= 15 is 0 Å². The first kappa shape index (κ1) is 23.6. The van der Waals surface area contributed by atoms with Gasteiger partial charge in [0.2, 0.25) is 10.0 Å². The number of hydrogen-bond acceptors (Lipinski definition) is 6. The summed E-state index contributed by atoms with van der Waals surface area (Å²) in [4.78, 5) is 24.0. The SMILES string of the molecule is COc1ccc(C(=O)OCC(=O)Nc2cc(Cl)ccc2F)cc1S(=O)(=O)NC(C)C. The molecule has 0 radical (unpaired) electrons. The maximum Gasteiger partial charge on any atom is 0.338 e. The van der Waals surface area contributed by atoms with Crippen LogP contribution in [0.1, 0.15) is 24.2 Å². The lowest BCUT2D eigenvalue weighted by atomic mass is 10.2. The molecule has 0 bridgehead atoms. The number of hydrogen-bond donors (Lipinski definition) is 2. The lowest BCUT2D eigenvalue weighted by Crippen LogP contribution is -2.30. The number of sulfonamides is 1. The van der Waals surface area contributed by atoms with Gasteiger partial charge in [-0.15, -0.1) is 0 Å². The maximum atomic E-state index is 13.7. The number of carbonyl (C=O) groups is 2. The van der Waals surface area contributed by atoms with E-state index in [2.05, 4.69) is 10.0 Å². The standard InChI is InChI=1S/C19H20ClFN2O6S/c1-11(2)23-30(26,27)17-8-12(4-7-16(17)28-3)19(25)29-10-18(24)22-15-9-13(20)5-6-14(15)21/h4-9,11,23H,10H2,1-3H3,(H,22,24). The molecule has 0 saturated heterocycles. The van der Waals surface area contributed by atoms with Crippen molar-refractivity contribution < 1.29 is 31.9 Å². The Morgan fingerprint density at radius 2 is 1.87 bits per heavy atom. The van der Waals surface area contributed by atoms with Crippen molar-refractivity contribution in [3.63, 3.8) is 0 Å². The van der Waals surface area contributed by atoms with Crippen molar-refractivity contribution in [1.82, 2.24) is 4.72 Å². The predicted octanol–water partition coefficient (Wildman–Crippen LogP) is 2.97. The highest BCUT2D eigenvalue weighted by Gasteiger charge is 2.23. The van der Waals surface area contributed by atoms with Gasteiger partial charge in [0.15, 0.2) is 6.61 Å². The van der Waals surface area contributed by atoms with Crippen molar-refractivity contribution in [2.24, 2.45) is 0 Å². The smallest absolute Gasteiger partial charge is 0.338 e. The van der Waals surface area contributed by atoms with Crippen LogP contribution in [0.25, 0.3) is 0 Å². The van der Waals surface area contributed by atoms with E-state index in [-0.39, 0.29) is 33.0 Å². The number of ether oxygens (including phenoxy) is 2. The lowest BCUT2D eigenvalue weighted by Gasteiger charge is -2.14. The largest absolute Gasteiger partial charge is 0.495 e. The van der Waals surface area contributed by atoms with Gasteiger partial charge in [0.05, 0.1) is 18.4 Å². The van der Waals surface area contributed by atoms with Crippen molar-refractivity contribution >= 4 is 39.2 Å². The van der Waals surface area contributed by atoms with Gasteiger partial charge < -0.3 is 14.8 Å². The molecule has 0 unspecified atom stereocenters. The van der Waals surface area contributed by atoms with Gasteiger partial charge in [0.25, 0.3) is 5.91 Å². The third kappa shape index (κ3) is 6.15. The number of amides is 1. The summed E-state index contributed by atoms with van der Waals surface area (Å²) in [7, 11) is -2.66. The van der Waals surface area contributed by atoms with Gasteiger partial charge in [-0.1, -0.05) is 11.6 Å². The number of esters is 1. The van der Waals surface area contributed by atoms with Crippen LogP contribution in [-0.2, 0) is 19.6 Å². The number of nitrogens with one attached hydrogen (secondary N) is 2. The average molecular weight is 459 g/mol. The van der Waals surface area contributed by atoms with Crippen molar-refractivity contribution in [3.8, 4) is 5.75 Å². The summed E-state index contributed by atoms with van der Waals surface area (Å²) < 4.78 is 50.9. The molecule has 2 N–H and O–H groups in total. The first-order valence-corrected chi connectivity index (χ1v) is 10.5. The Hall–Kier alpha value is -2.69. The first-order valence-electron chi connectivity index (χ1n) is 8.66. The van der Waals surface area contributed by atoms with Crippen LogP contribution >= 0.6 is 11.6 Å². The van der Waals surface area contributed by atoms with Crippen molar-refractivity contribution in [2.45, 2.75) is 24.8 Å². The van der Waals surface area contributed by atoms with E-state index < -0.39 is 34.3 Å². The summed E-state index contributed by atoms with van der Waals surface area (Å²) in [5.41, 5.74) is -0.275. The van der Waals surface area contributed by atoms with Crippen LogP contribution in [0.4, 0.5) is 10.1 Å². The Balaban J connectivity index is 2.12. The normalized spacial score (nSPS) is 11.3. The summed E-state index contributed by atoms with van der Waals surface area (Å²) in [6, 6.07) is 6.90. The minimum Gasteiger partial charge on any atom is -0.495 e. The molecule has 30 heavy (non-hydrogen) atoms. The zero-order valence-electron chi connectivity index (χ0n) is 16.4. The Morgan fingerprint density at radius 3 is 2.50 bits per heavy atom. The number of methoxy groups -OCH3 is 1. The molecular formula is C19H20ClFN2O6S. The van der Waals surface area contributed by atoms with E-state index in [0.717, 1.165) is 12.1 Å². The second-order valence-electron chi connectivity index (χ2n) is 6.39. The fraction of sp³-hybridized carbons (Fsp3) is 0.263. The Bertz CT molecular complexity index is 1060. The highest BCUT2D eigenvalue weighted by molar-refractivity contribution is 7.89. The molecule has 0 aliphatic rings. The molecule has 0 heterocycles. The van der Waals surface area contributed by atoms with Gasteiger partial charge in [-0.25, -0.2) is 22.3 Å². The Morgan fingerprint density at radius 1 is 1.17 bits per heavy atom. The zero-order chi connectivity index (χ0) is 22.5. The molecule has 8 nitrogen and oxygen atoms in total. The maximum absolute atomic E-state index is 13.7. The Kier molecular flexibility index (Phi) is 7.77. The number of carbonyl (C=O) groups excluding carboxylic acids is 2. The molecule has 0 aromatic heterocycles. The summed E-state index contributed by atoms with van der Waals surface area (Å²) in [5, 5.41) is 2.45. The molecule has 0 aliphatic carbocycles. The molecule has 0 atom stereocenters. The minimum atomic E-state index is -3.96. The van der Waals surface area contributed by atoms with Gasteiger partial charge in [0.1, 0.15) is 16.5 Å². The lowest BCUT2D eigenvalue weighted by molar-refractivity contribution is -0.119. The second-order valence-corrected chi connectivity index (χ2v) is 8.51. The van der Waals surface area contributed by atoms with Crippen LogP contribution in [0, 0.1) is 5.82 Å². The van der Waals surface area contributed by atoms with E-state index in [1.807, 2.05) is 0 Å². The molecule has 162 valence electrons. The summed E-state index contributed by atoms with van der Waals surface area (Å²) in [6.07, 6.45) is 0. The van der Waals surface area contributed by atoms with Gasteiger partial charge in [-0.3, -0.25) is 4.79 Å². The summed E-state index contributed by atoms with van der Waals surface area (Å²) in [6.45, 7) is 2.57. The second kappa shape index (κ2) is 9.88. The molecule has 2 rings (SSSR count). The summed E-state index contributed by atoms with van der Waals surface area (Å²) >= 11 is 5.75. The number of rotatable bonds is 8. The van der Waals surface area contributed by atoms with Crippen LogP contribution in [0.2, 0.25) is 5.02 Å². The highest BCUT2D eigenvalue weighted by Crippen LogP contribution is 2.25. The van der Waals surface area contributed by atoms with Gasteiger partial charge in [-0.2, -0.15) is 0 Å². The molecule has 0 spiro atoms. The van der Waals surface area contributed by atoms with E-state index in [0.29, 0.717) is 0 Å². The van der Waals surface area contributed by atoms with Crippen LogP contribution in [0.5, 0.6) is 5.75 Å². The van der Waals surface area contributed by atoms with Crippen LogP contribution in [0.3, 0.4) is 0 Å². The van der Waals surface area contributed by atoms with Crippen LogP contribution in [-0.4, -0.2) is 40.1 Å². The fourth-order valence-electron chi connectivity index (χ4n) is 2.38. The molecule has 0 aliphatic heterocycles. The number of benzene rings is 2. The fourth-order valence-corrected chi connectivity index (χ4v) is 4.00. The van der Waals surface area contributed by atoms with Gasteiger partial charge >= 0.3 is 5.97 Å². The highest BCUT2D eigenvalue weighted by atomic mass is 35.5. The number of halogens is 2. The van der Waals surface area contributed by atoms with E-state index in [4.69, 9.17) is 21.1 Å². The molecule has 0 saturated carbocycles.